The van der Waals surface area contributed by atoms with Crippen LogP contribution in [0.5, 0.6) is 0 Å². The van der Waals surface area contributed by atoms with Crippen molar-refractivity contribution in [1.82, 2.24) is 34.3 Å². The summed E-state index contributed by atoms with van der Waals surface area (Å²) in [6.45, 7) is 1.53. The zero-order valence-corrected chi connectivity index (χ0v) is 15.7. The van der Waals surface area contributed by atoms with Gasteiger partial charge in [-0.25, -0.2) is 24.9 Å². The molecule has 1 fully saturated rings. The molecule has 0 amide bonds. The van der Waals surface area contributed by atoms with Gasteiger partial charge < -0.3 is 9.88 Å². The Morgan fingerprint density at radius 3 is 2.80 bits per heavy atom. The molecular weight excluding hydrogens is 397 g/mol. The Kier molecular flexibility index (Phi) is 4.37. The quantitative estimate of drug-likeness (QED) is 0.553. The van der Waals surface area contributed by atoms with E-state index in [-0.39, 0.29) is 5.92 Å². The van der Waals surface area contributed by atoms with E-state index in [2.05, 4.69) is 34.8 Å². The average molecular weight is 414 g/mol. The lowest BCUT2D eigenvalue weighted by Crippen LogP contribution is -2.35. The van der Waals surface area contributed by atoms with Crippen LogP contribution in [0, 0.1) is 0 Å². The summed E-state index contributed by atoms with van der Waals surface area (Å²) in [7, 11) is 0. The first-order valence-corrected chi connectivity index (χ1v) is 9.46. The molecule has 1 aliphatic heterocycles. The Hall–Kier alpha value is -3.50. The molecule has 30 heavy (non-hydrogen) atoms. The molecule has 0 saturated carbocycles. The third-order valence-corrected chi connectivity index (χ3v) is 5.23. The van der Waals surface area contributed by atoms with Gasteiger partial charge in [-0.3, -0.25) is 4.40 Å². The fraction of sp³-hybridized carbons (Fsp3) is 0.316. The number of alkyl halides is 3. The van der Waals surface area contributed by atoms with E-state index in [9.17, 15) is 13.2 Å². The zero-order valence-electron chi connectivity index (χ0n) is 15.7. The van der Waals surface area contributed by atoms with Gasteiger partial charge in [-0.15, -0.1) is 0 Å². The van der Waals surface area contributed by atoms with Gasteiger partial charge in [0.1, 0.15) is 0 Å². The summed E-state index contributed by atoms with van der Waals surface area (Å²) in [5.41, 5.74) is 1.28. The first kappa shape index (κ1) is 18.5. The predicted octanol–water partition coefficient (Wildman–Crippen LogP) is 3.31. The number of fused-ring (bicyclic) bond motifs is 1. The maximum absolute atomic E-state index is 13.1. The van der Waals surface area contributed by atoms with Crippen LogP contribution in [-0.2, 0) is 6.18 Å². The van der Waals surface area contributed by atoms with Crippen LogP contribution in [0.15, 0.2) is 43.4 Å². The van der Waals surface area contributed by atoms with E-state index in [0.717, 1.165) is 44.0 Å². The van der Waals surface area contributed by atoms with Crippen molar-refractivity contribution in [2.24, 2.45) is 0 Å². The lowest BCUT2D eigenvalue weighted by molar-refractivity contribution is -0.141. The molecule has 0 spiro atoms. The summed E-state index contributed by atoms with van der Waals surface area (Å²) in [5, 5.41) is 0. The standard InChI is InChI=1S/C19H17F3N8/c20-19(21,22)16-10-30-15(7-26-17(30)8-25-16)13-3-4-24-18(28-13)29-5-1-2-12(9-29)14-6-23-11-27-14/h3-4,6-8,10-12H,1-2,5,9H2,(H,23,27). The van der Waals surface area contributed by atoms with E-state index < -0.39 is 11.9 Å². The van der Waals surface area contributed by atoms with Crippen LogP contribution < -0.4 is 4.90 Å². The van der Waals surface area contributed by atoms with Crippen molar-refractivity contribution in [2.45, 2.75) is 24.9 Å². The SMILES string of the molecule is FC(F)(F)c1cn2c(-c3ccnc(N4CCCC(c5c[nH]cn5)C4)n3)cnc2cn1. The summed E-state index contributed by atoms with van der Waals surface area (Å²) in [6.07, 6.45) is 6.18. The van der Waals surface area contributed by atoms with Crippen LogP contribution >= 0.6 is 0 Å². The van der Waals surface area contributed by atoms with Crippen molar-refractivity contribution in [3.63, 3.8) is 0 Å². The Morgan fingerprint density at radius 2 is 2.00 bits per heavy atom. The van der Waals surface area contributed by atoms with E-state index in [1.54, 1.807) is 18.6 Å². The summed E-state index contributed by atoms with van der Waals surface area (Å²) in [4.78, 5) is 26.0. The lowest BCUT2D eigenvalue weighted by atomic mass is 9.95. The van der Waals surface area contributed by atoms with Gasteiger partial charge >= 0.3 is 6.18 Å². The summed E-state index contributed by atoms with van der Waals surface area (Å²) < 4.78 is 40.6. The number of nitrogens with one attached hydrogen (secondary N) is 1. The molecule has 154 valence electrons. The minimum Gasteiger partial charge on any atom is -0.351 e. The normalized spacial score (nSPS) is 17.6. The monoisotopic (exact) mass is 414 g/mol. The number of hydrogen-bond acceptors (Lipinski definition) is 6. The van der Waals surface area contributed by atoms with Gasteiger partial charge in [-0.1, -0.05) is 0 Å². The molecule has 1 N–H and O–H groups in total. The highest BCUT2D eigenvalue weighted by atomic mass is 19.4. The average Bonchev–Trinajstić information content (AvgIpc) is 3.43. The Balaban J connectivity index is 1.48. The smallest absolute Gasteiger partial charge is 0.351 e. The fourth-order valence-corrected chi connectivity index (χ4v) is 3.76. The summed E-state index contributed by atoms with van der Waals surface area (Å²) in [6, 6.07) is 1.66. The van der Waals surface area contributed by atoms with E-state index in [0.29, 0.717) is 23.0 Å². The first-order chi connectivity index (χ1) is 14.5. The van der Waals surface area contributed by atoms with Gasteiger partial charge in [0.05, 0.1) is 35.8 Å². The van der Waals surface area contributed by atoms with Gasteiger partial charge in [0.25, 0.3) is 0 Å². The van der Waals surface area contributed by atoms with Gasteiger partial charge in [0.2, 0.25) is 5.95 Å². The van der Waals surface area contributed by atoms with Crippen molar-refractivity contribution < 1.29 is 13.2 Å². The molecule has 0 radical (unpaired) electrons. The Labute approximate surface area is 168 Å². The van der Waals surface area contributed by atoms with Crippen molar-refractivity contribution >= 4 is 11.6 Å². The number of halogens is 3. The van der Waals surface area contributed by atoms with Crippen LogP contribution in [0.1, 0.15) is 30.1 Å². The van der Waals surface area contributed by atoms with Crippen molar-refractivity contribution in [1.29, 1.82) is 0 Å². The van der Waals surface area contributed by atoms with E-state index >= 15 is 0 Å². The number of hydrogen-bond donors (Lipinski definition) is 1. The van der Waals surface area contributed by atoms with E-state index in [1.807, 2.05) is 6.20 Å². The van der Waals surface area contributed by atoms with Crippen molar-refractivity contribution in [3.05, 3.63) is 54.8 Å². The van der Waals surface area contributed by atoms with Crippen LogP contribution in [0.2, 0.25) is 0 Å². The van der Waals surface area contributed by atoms with E-state index in [1.165, 1.54) is 10.6 Å². The molecule has 1 aliphatic rings. The maximum Gasteiger partial charge on any atom is 0.434 e. The minimum absolute atomic E-state index is 0.272. The number of nitrogens with zero attached hydrogens (tertiary/aromatic N) is 7. The van der Waals surface area contributed by atoms with E-state index in [4.69, 9.17) is 0 Å². The zero-order chi connectivity index (χ0) is 20.7. The molecule has 11 heteroatoms. The molecule has 4 aromatic heterocycles. The van der Waals surface area contributed by atoms with Crippen molar-refractivity contribution in [2.75, 3.05) is 18.0 Å². The summed E-state index contributed by atoms with van der Waals surface area (Å²) >= 11 is 0. The van der Waals surface area contributed by atoms with Gasteiger partial charge in [-0.2, -0.15) is 13.2 Å². The highest BCUT2D eigenvalue weighted by Gasteiger charge is 2.33. The number of aromatic nitrogens is 7. The van der Waals surface area contributed by atoms with Gasteiger partial charge in [-0.05, 0) is 18.9 Å². The molecule has 0 bridgehead atoms. The third kappa shape index (κ3) is 3.36. The highest BCUT2D eigenvalue weighted by molar-refractivity contribution is 5.60. The van der Waals surface area contributed by atoms with Gasteiger partial charge in [0, 0.05) is 37.6 Å². The minimum atomic E-state index is -4.54. The third-order valence-electron chi connectivity index (χ3n) is 5.23. The topological polar surface area (TPSA) is 87.9 Å². The molecule has 0 aliphatic carbocycles. The summed E-state index contributed by atoms with van der Waals surface area (Å²) in [5.74, 6) is 0.807. The van der Waals surface area contributed by atoms with Crippen molar-refractivity contribution in [3.8, 4) is 11.4 Å². The van der Waals surface area contributed by atoms with Crippen LogP contribution in [0.3, 0.4) is 0 Å². The fourth-order valence-electron chi connectivity index (χ4n) is 3.76. The maximum atomic E-state index is 13.1. The van der Waals surface area contributed by atoms with Crippen LogP contribution in [0.4, 0.5) is 19.1 Å². The molecule has 1 unspecified atom stereocenters. The molecular formula is C19H17F3N8. The second-order valence-corrected chi connectivity index (χ2v) is 7.16. The number of H-pyrrole nitrogens is 1. The first-order valence-electron chi connectivity index (χ1n) is 9.46. The molecule has 5 heterocycles. The number of anilines is 1. The number of imidazole rings is 2. The molecule has 4 aromatic rings. The van der Waals surface area contributed by atoms with Crippen LogP contribution in [0.25, 0.3) is 17.0 Å². The van der Waals surface area contributed by atoms with Crippen LogP contribution in [-0.4, -0.2) is 47.4 Å². The highest BCUT2D eigenvalue weighted by Crippen LogP contribution is 2.30. The number of aromatic amines is 1. The number of rotatable bonds is 3. The second-order valence-electron chi connectivity index (χ2n) is 7.16. The predicted molar refractivity (Wildman–Crippen MR) is 102 cm³/mol. The molecule has 0 aromatic carbocycles. The number of piperidine rings is 1. The molecule has 8 nitrogen and oxygen atoms in total. The second kappa shape index (κ2) is 7.08. The Bertz CT molecular complexity index is 1170. The molecule has 5 rings (SSSR count). The van der Waals surface area contributed by atoms with Gasteiger partial charge in [0.15, 0.2) is 11.3 Å². The lowest BCUT2D eigenvalue weighted by Gasteiger charge is -2.32. The molecule has 1 atom stereocenters. The Morgan fingerprint density at radius 1 is 1.10 bits per heavy atom. The molecule has 1 saturated heterocycles. The largest absolute Gasteiger partial charge is 0.434 e.